The standard InChI is InChI=1S/C14H14N4O2/c1-9(12-7-15-4-5-16-12)17-10-2-3-11-13(6-10)20-8-14(19)18-11/h2-7,9,17H,8H2,1H3,(H,18,19). The number of carbonyl (C=O) groups is 1. The average molecular weight is 270 g/mol. The van der Waals surface area contributed by atoms with Gasteiger partial charge in [-0.15, -0.1) is 0 Å². The number of benzene rings is 1. The Balaban J connectivity index is 1.77. The fourth-order valence-electron chi connectivity index (χ4n) is 2.02. The van der Waals surface area contributed by atoms with Crippen LogP contribution in [0.15, 0.2) is 36.8 Å². The van der Waals surface area contributed by atoms with Crippen LogP contribution in [0, 0.1) is 0 Å². The fourth-order valence-corrected chi connectivity index (χ4v) is 2.02. The SMILES string of the molecule is CC(Nc1ccc2c(c1)OCC(=O)N2)c1cnccn1. The highest BCUT2D eigenvalue weighted by atomic mass is 16.5. The van der Waals surface area contributed by atoms with E-state index in [1.54, 1.807) is 18.6 Å². The van der Waals surface area contributed by atoms with Gasteiger partial charge in [-0.3, -0.25) is 14.8 Å². The highest BCUT2D eigenvalue weighted by molar-refractivity contribution is 5.95. The van der Waals surface area contributed by atoms with Crippen LogP contribution < -0.4 is 15.4 Å². The zero-order valence-corrected chi connectivity index (χ0v) is 11.0. The summed E-state index contributed by atoms with van der Waals surface area (Å²) >= 11 is 0. The predicted molar refractivity (Wildman–Crippen MR) is 74.6 cm³/mol. The van der Waals surface area contributed by atoms with Crippen LogP contribution in [0.1, 0.15) is 18.7 Å². The van der Waals surface area contributed by atoms with Crippen molar-refractivity contribution in [3.8, 4) is 5.75 Å². The number of carbonyl (C=O) groups excluding carboxylic acids is 1. The number of nitrogens with one attached hydrogen (secondary N) is 2. The third-order valence-corrected chi connectivity index (χ3v) is 3.02. The molecule has 2 aromatic rings. The van der Waals surface area contributed by atoms with Gasteiger partial charge in [0.15, 0.2) is 6.61 Å². The van der Waals surface area contributed by atoms with Gasteiger partial charge in [0.2, 0.25) is 0 Å². The van der Waals surface area contributed by atoms with Gasteiger partial charge in [-0.1, -0.05) is 0 Å². The summed E-state index contributed by atoms with van der Waals surface area (Å²) in [6.45, 7) is 2.06. The molecule has 1 aliphatic heterocycles. The smallest absolute Gasteiger partial charge is 0.262 e. The second-order valence-corrected chi connectivity index (χ2v) is 4.54. The van der Waals surface area contributed by atoms with E-state index in [-0.39, 0.29) is 18.6 Å². The Bertz CT molecular complexity index is 630. The lowest BCUT2D eigenvalue weighted by Crippen LogP contribution is -2.25. The van der Waals surface area contributed by atoms with Crippen LogP contribution >= 0.6 is 0 Å². The van der Waals surface area contributed by atoms with Crippen LogP contribution in [0.25, 0.3) is 0 Å². The molecule has 0 radical (unpaired) electrons. The van der Waals surface area contributed by atoms with Gasteiger partial charge in [0.05, 0.1) is 23.6 Å². The number of fused-ring (bicyclic) bond motifs is 1. The number of rotatable bonds is 3. The second-order valence-electron chi connectivity index (χ2n) is 4.54. The number of amides is 1. The molecule has 0 aliphatic carbocycles. The Hall–Kier alpha value is -2.63. The average Bonchev–Trinajstić information content (AvgIpc) is 2.48. The summed E-state index contributed by atoms with van der Waals surface area (Å²) in [5, 5.41) is 6.08. The van der Waals surface area contributed by atoms with Gasteiger partial charge in [0.25, 0.3) is 5.91 Å². The first-order valence-electron chi connectivity index (χ1n) is 6.31. The Morgan fingerprint density at radius 1 is 1.40 bits per heavy atom. The van der Waals surface area contributed by atoms with Crippen LogP contribution in [0.4, 0.5) is 11.4 Å². The normalized spacial score (nSPS) is 14.8. The summed E-state index contributed by atoms with van der Waals surface area (Å²) in [5.74, 6) is 0.534. The number of hydrogen-bond donors (Lipinski definition) is 2. The van der Waals surface area contributed by atoms with Gasteiger partial charge < -0.3 is 15.4 Å². The molecule has 1 aromatic heterocycles. The van der Waals surface area contributed by atoms with Crippen LogP contribution in [0.2, 0.25) is 0 Å². The molecular formula is C14H14N4O2. The highest BCUT2D eigenvalue weighted by Gasteiger charge is 2.16. The van der Waals surface area contributed by atoms with Crippen molar-refractivity contribution in [3.63, 3.8) is 0 Å². The minimum Gasteiger partial charge on any atom is -0.482 e. The quantitative estimate of drug-likeness (QED) is 0.892. The number of nitrogens with zero attached hydrogens (tertiary/aromatic N) is 2. The van der Waals surface area contributed by atoms with E-state index >= 15 is 0 Å². The molecule has 0 saturated carbocycles. The van der Waals surface area contributed by atoms with Crippen molar-refractivity contribution in [2.24, 2.45) is 0 Å². The molecule has 1 aliphatic rings. The molecular weight excluding hydrogens is 256 g/mol. The summed E-state index contributed by atoms with van der Waals surface area (Å²) in [6.07, 6.45) is 5.04. The molecule has 102 valence electrons. The lowest BCUT2D eigenvalue weighted by Gasteiger charge is -2.20. The summed E-state index contributed by atoms with van der Waals surface area (Å²) < 4.78 is 5.38. The zero-order chi connectivity index (χ0) is 13.9. The van der Waals surface area contributed by atoms with Gasteiger partial charge in [-0.05, 0) is 19.1 Å². The molecule has 0 saturated heterocycles. The Morgan fingerprint density at radius 3 is 3.10 bits per heavy atom. The van der Waals surface area contributed by atoms with Crippen molar-refractivity contribution >= 4 is 17.3 Å². The van der Waals surface area contributed by atoms with Crippen LogP contribution in [0.3, 0.4) is 0 Å². The third-order valence-electron chi connectivity index (χ3n) is 3.02. The Labute approximate surface area is 116 Å². The fraction of sp³-hybridized carbons (Fsp3) is 0.214. The molecule has 2 heterocycles. The summed E-state index contributed by atoms with van der Waals surface area (Å²) in [7, 11) is 0. The van der Waals surface area contributed by atoms with Crippen molar-refractivity contribution in [2.45, 2.75) is 13.0 Å². The molecule has 1 amide bonds. The van der Waals surface area contributed by atoms with E-state index in [0.29, 0.717) is 11.4 Å². The van der Waals surface area contributed by atoms with Gasteiger partial charge in [0, 0.05) is 24.1 Å². The van der Waals surface area contributed by atoms with Crippen molar-refractivity contribution < 1.29 is 9.53 Å². The highest BCUT2D eigenvalue weighted by Crippen LogP contribution is 2.31. The maximum atomic E-state index is 11.2. The van der Waals surface area contributed by atoms with Crippen molar-refractivity contribution in [3.05, 3.63) is 42.5 Å². The number of ether oxygens (including phenoxy) is 1. The molecule has 3 rings (SSSR count). The predicted octanol–water partition coefficient (Wildman–Crippen LogP) is 1.98. The molecule has 20 heavy (non-hydrogen) atoms. The Morgan fingerprint density at radius 2 is 2.30 bits per heavy atom. The van der Waals surface area contributed by atoms with Gasteiger partial charge in [-0.25, -0.2) is 0 Å². The molecule has 6 heteroatoms. The summed E-state index contributed by atoms with van der Waals surface area (Å²) in [6, 6.07) is 5.60. The van der Waals surface area contributed by atoms with E-state index in [4.69, 9.17) is 4.74 Å². The zero-order valence-electron chi connectivity index (χ0n) is 11.0. The maximum Gasteiger partial charge on any atom is 0.262 e. The lowest BCUT2D eigenvalue weighted by atomic mass is 10.2. The van der Waals surface area contributed by atoms with Crippen molar-refractivity contribution in [1.82, 2.24) is 9.97 Å². The molecule has 0 fully saturated rings. The van der Waals surface area contributed by atoms with E-state index in [9.17, 15) is 4.79 Å². The first kappa shape index (κ1) is 12.4. The van der Waals surface area contributed by atoms with Crippen molar-refractivity contribution in [1.29, 1.82) is 0 Å². The van der Waals surface area contributed by atoms with E-state index in [0.717, 1.165) is 11.4 Å². The summed E-state index contributed by atoms with van der Waals surface area (Å²) in [5.41, 5.74) is 2.46. The van der Waals surface area contributed by atoms with Crippen LogP contribution in [-0.2, 0) is 4.79 Å². The Kier molecular flexibility index (Phi) is 3.20. The van der Waals surface area contributed by atoms with Crippen LogP contribution in [0.5, 0.6) is 5.75 Å². The largest absolute Gasteiger partial charge is 0.482 e. The molecule has 6 nitrogen and oxygen atoms in total. The number of anilines is 2. The van der Waals surface area contributed by atoms with E-state index in [2.05, 4.69) is 20.6 Å². The molecule has 1 atom stereocenters. The van der Waals surface area contributed by atoms with Gasteiger partial charge in [-0.2, -0.15) is 0 Å². The first-order chi connectivity index (χ1) is 9.72. The number of hydrogen-bond acceptors (Lipinski definition) is 5. The van der Waals surface area contributed by atoms with E-state index < -0.39 is 0 Å². The van der Waals surface area contributed by atoms with Gasteiger partial charge in [0.1, 0.15) is 5.75 Å². The van der Waals surface area contributed by atoms with E-state index in [1.807, 2.05) is 25.1 Å². The van der Waals surface area contributed by atoms with E-state index in [1.165, 1.54) is 0 Å². The van der Waals surface area contributed by atoms with Gasteiger partial charge >= 0.3 is 0 Å². The first-order valence-corrected chi connectivity index (χ1v) is 6.31. The second kappa shape index (κ2) is 5.16. The molecule has 0 bridgehead atoms. The molecule has 2 N–H and O–H groups in total. The minimum absolute atomic E-state index is 0.0277. The lowest BCUT2D eigenvalue weighted by molar-refractivity contribution is -0.118. The topological polar surface area (TPSA) is 76.1 Å². The minimum atomic E-state index is -0.133. The molecule has 1 aromatic carbocycles. The summed E-state index contributed by atoms with van der Waals surface area (Å²) in [4.78, 5) is 19.5. The van der Waals surface area contributed by atoms with Crippen molar-refractivity contribution in [2.75, 3.05) is 17.2 Å². The molecule has 0 spiro atoms. The van der Waals surface area contributed by atoms with Crippen LogP contribution in [-0.4, -0.2) is 22.5 Å². The number of aromatic nitrogens is 2. The third kappa shape index (κ3) is 2.54. The maximum absolute atomic E-state index is 11.2. The molecule has 1 unspecified atom stereocenters. The monoisotopic (exact) mass is 270 g/mol.